The van der Waals surface area contributed by atoms with Gasteiger partial charge in [0.2, 0.25) is 0 Å². The van der Waals surface area contributed by atoms with E-state index in [1.165, 1.54) is 6.07 Å². The van der Waals surface area contributed by atoms with Crippen LogP contribution in [0.3, 0.4) is 0 Å². The average Bonchev–Trinajstić information content (AvgIpc) is 2.54. The number of rotatable bonds is 2. The molecule has 0 aliphatic carbocycles. The van der Waals surface area contributed by atoms with E-state index in [0.29, 0.717) is 22.6 Å². The Morgan fingerprint density at radius 1 is 1.36 bits per heavy atom. The highest BCUT2D eigenvalue weighted by Crippen LogP contribution is 2.18. The van der Waals surface area contributed by atoms with Gasteiger partial charge in [-0.3, -0.25) is 0 Å². The van der Waals surface area contributed by atoms with Gasteiger partial charge in [0.1, 0.15) is 16.1 Å². The summed E-state index contributed by atoms with van der Waals surface area (Å²) in [4.78, 5) is 8.17. The Labute approximate surface area is 92.4 Å². The topological polar surface area (TPSA) is 35.0 Å². The number of nitrogens with zero attached hydrogens (tertiary/aromatic N) is 2. The molecule has 3 nitrogen and oxygen atoms in total. The lowest BCUT2D eigenvalue weighted by molar-refractivity contribution is 0.110. The largest absolute Gasteiger partial charge is 0.378 e. The zero-order chi connectivity index (χ0) is 9.97. The first kappa shape index (κ1) is 10.1. The second-order valence-electron chi connectivity index (χ2n) is 3.27. The minimum Gasteiger partial charge on any atom is -0.378 e. The van der Waals surface area contributed by atoms with Gasteiger partial charge in [-0.1, -0.05) is 23.2 Å². The molecule has 0 N–H and O–H groups in total. The van der Waals surface area contributed by atoms with Gasteiger partial charge in [0.05, 0.1) is 6.10 Å². The number of halogens is 2. The lowest BCUT2D eigenvalue weighted by atomic mass is 10.2. The van der Waals surface area contributed by atoms with Crippen molar-refractivity contribution in [1.29, 1.82) is 0 Å². The number of hydrogen-bond donors (Lipinski definition) is 0. The molecule has 14 heavy (non-hydrogen) atoms. The van der Waals surface area contributed by atoms with Gasteiger partial charge < -0.3 is 4.74 Å². The Bertz CT molecular complexity index is 306. The molecule has 0 aromatic carbocycles. The predicted molar refractivity (Wildman–Crippen MR) is 54.7 cm³/mol. The summed E-state index contributed by atoms with van der Waals surface area (Å²) in [6.45, 7) is 0.832. The van der Waals surface area contributed by atoms with Crippen molar-refractivity contribution in [3.63, 3.8) is 0 Å². The van der Waals surface area contributed by atoms with E-state index in [1.54, 1.807) is 0 Å². The van der Waals surface area contributed by atoms with Crippen molar-refractivity contribution < 1.29 is 4.74 Å². The summed E-state index contributed by atoms with van der Waals surface area (Å²) < 4.78 is 5.47. The molecule has 1 unspecified atom stereocenters. The molecule has 2 heterocycles. The van der Waals surface area contributed by atoms with Crippen molar-refractivity contribution in [1.82, 2.24) is 9.97 Å². The van der Waals surface area contributed by atoms with Crippen LogP contribution in [0.4, 0.5) is 0 Å². The van der Waals surface area contributed by atoms with Crippen molar-refractivity contribution >= 4 is 23.2 Å². The first-order chi connectivity index (χ1) is 6.74. The second-order valence-corrected chi connectivity index (χ2v) is 4.04. The van der Waals surface area contributed by atoms with Crippen LogP contribution in [0.1, 0.15) is 18.7 Å². The molecular formula is C9H10Cl2N2O. The summed E-state index contributed by atoms with van der Waals surface area (Å²) in [5.41, 5.74) is 0. The van der Waals surface area contributed by atoms with E-state index in [2.05, 4.69) is 9.97 Å². The van der Waals surface area contributed by atoms with Crippen molar-refractivity contribution in [3.8, 4) is 0 Å². The molecule has 0 amide bonds. The smallest absolute Gasteiger partial charge is 0.134 e. The van der Waals surface area contributed by atoms with Crippen LogP contribution in [0.15, 0.2) is 6.07 Å². The Morgan fingerprint density at radius 3 is 2.64 bits per heavy atom. The van der Waals surface area contributed by atoms with Gasteiger partial charge in [-0.2, -0.15) is 0 Å². The molecule has 5 heteroatoms. The third-order valence-electron chi connectivity index (χ3n) is 2.14. The Hall–Kier alpha value is -0.380. The van der Waals surface area contributed by atoms with E-state index in [4.69, 9.17) is 27.9 Å². The molecule has 76 valence electrons. The fourth-order valence-electron chi connectivity index (χ4n) is 1.53. The molecule has 0 radical (unpaired) electrons. The molecule has 0 saturated carbocycles. The van der Waals surface area contributed by atoms with E-state index >= 15 is 0 Å². The minimum absolute atomic E-state index is 0.226. The highest BCUT2D eigenvalue weighted by Gasteiger charge is 2.17. The van der Waals surface area contributed by atoms with E-state index in [1.807, 2.05) is 0 Å². The zero-order valence-electron chi connectivity index (χ0n) is 7.54. The zero-order valence-corrected chi connectivity index (χ0v) is 9.05. The third-order valence-corrected chi connectivity index (χ3v) is 2.53. The maximum Gasteiger partial charge on any atom is 0.134 e. The van der Waals surface area contributed by atoms with E-state index in [-0.39, 0.29) is 6.10 Å². The van der Waals surface area contributed by atoms with Crippen LogP contribution >= 0.6 is 23.2 Å². The maximum atomic E-state index is 5.76. The van der Waals surface area contributed by atoms with Crippen LogP contribution in [0.5, 0.6) is 0 Å². The van der Waals surface area contributed by atoms with Gasteiger partial charge >= 0.3 is 0 Å². The average molecular weight is 233 g/mol. The van der Waals surface area contributed by atoms with Crippen LogP contribution in [-0.4, -0.2) is 22.7 Å². The van der Waals surface area contributed by atoms with E-state index in [9.17, 15) is 0 Å². The number of hydrogen-bond acceptors (Lipinski definition) is 3. The van der Waals surface area contributed by atoms with Crippen LogP contribution < -0.4 is 0 Å². The normalized spacial score (nSPS) is 21.4. The maximum absolute atomic E-state index is 5.76. The van der Waals surface area contributed by atoms with Gasteiger partial charge in [-0.05, 0) is 12.8 Å². The summed E-state index contributed by atoms with van der Waals surface area (Å²) in [5.74, 6) is 0.661. The standard InChI is InChI=1S/C9H10Cl2N2O/c10-7-5-8(11)13-9(12-7)4-6-2-1-3-14-6/h5-6H,1-4H2. The lowest BCUT2D eigenvalue weighted by Gasteiger charge is -2.07. The molecule has 0 spiro atoms. The van der Waals surface area contributed by atoms with Crippen molar-refractivity contribution in [3.05, 3.63) is 22.2 Å². The number of ether oxygens (including phenoxy) is 1. The van der Waals surface area contributed by atoms with Gasteiger partial charge in [-0.15, -0.1) is 0 Å². The molecule has 1 fully saturated rings. The van der Waals surface area contributed by atoms with Crippen molar-refractivity contribution in [2.75, 3.05) is 6.61 Å². The predicted octanol–water partition coefficient (Wildman–Crippen LogP) is 2.50. The van der Waals surface area contributed by atoms with Crippen LogP contribution in [0, 0.1) is 0 Å². The van der Waals surface area contributed by atoms with E-state index in [0.717, 1.165) is 19.4 Å². The van der Waals surface area contributed by atoms with Crippen molar-refractivity contribution in [2.45, 2.75) is 25.4 Å². The fourth-order valence-corrected chi connectivity index (χ4v) is 1.99. The van der Waals surface area contributed by atoms with Gasteiger partial charge in [0.15, 0.2) is 0 Å². The highest BCUT2D eigenvalue weighted by molar-refractivity contribution is 6.33. The van der Waals surface area contributed by atoms with Crippen molar-refractivity contribution in [2.24, 2.45) is 0 Å². The molecule has 1 aromatic heterocycles. The van der Waals surface area contributed by atoms with E-state index < -0.39 is 0 Å². The summed E-state index contributed by atoms with van der Waals surface area (Å²) in [7, 11) is 0. The molecule has 2 rings (SSSR count). The SMILES string of the molecule is Clc1cc(Cl)nc(CC2CCCO2)n1. The van der Waals surface area contributed by atoms with Crippen LogP contribution in [0.2, 0.25) is 10.3 Å². The molecule has 1 aliphatic rings. The number of aromatic nitrogens is 2. The highest BCUT2D eigenvalue weighted by atomic mass is 35.5. The molecule has 0 bridgehead atoms. The second kappa shape index (κ2) is 4.43. The molecule has 1 aliphatic heterocycles. The summed E-state index contributed by atoms with van der Waals surface area (Å²) in [5, 5.41) is 0.774. The van der Waals surface area contributed by atoms with Crippen LogP contribution in [0.25, 0.3) is 0 Å². The van der Waals surface area contributed by atoms with Gasteiger partial charge in [0, 0.05) is 19.1 Å². The summed E-state index contributed by atoms with van der Waals surface area (Å²) in [6, 6.07) is 1.53. The Morgan fingerprint density at radius 2 is 2.07 bits per heavy atom. The molecule has 1 aromatic rings. The Kier molecular flexibility index (Phi) is 3.21. The minimum atomic E-state index is 0.226. The molecule has 1 atom stereocenters. The summed E-state index contributed by atoms with van der Waals surface area (Å²) in [6.07, 6.45) is 3.09. The summed E-state index contributed by atoms with van der Waals surface area (Å²) >= 11 is 11.5. The first-order valence-electron chi connectivity index (χ1n) is 4.54. The van der Waals surface area contributed by atoms with Gasteiger partial charge in [0.25, 0.3) is 0 Å². The van der Waals surface area contributed by atoms with Gasteiger partial charge in [-0.25, -0.2) is 9.97 Å². The molecule has 1 saturated heterocycles. The monoisotopic (exact) mass is 232 g/mol. The Balaban J connectivity index is 2.07. The van der Waals surface area contributed by atoms with Crippen LogP contribution in [-0.2, 0) is 11.2 Å². The third kappa shape index (κ3) is 2.56. The quantitative estimate of drug-likeness (QED) is 0.736. The lowest BCUT2D eigenvalue weighted by Crippen LogP contribution is -2.11. The first-order valence-corrected chi connectivity index (χ1v) is 5.30. The fraction of sp³-hybridized carbons (Fsp3) is 0.556. The molecular weight excluding hydrogens is 223 g/mol.